The molecule has 0 amide bonds. The van der Waals surface area contributed by atoms with Gasteiger partial charge in [0.15, 0.2) is 0 Å². The molecule has 0 aliphatic carbocycles. The fraction of sp³-hybridized carbons (Fsp3) is 0.400. The minimum Gasteiger partial charge on any atom is -0.461 e. The maximum absolute atomic E-state index is 11.5. The van der Waals surface area contributed by atoms with Crippen LogP contribution in [0.4, 0.5) is 0 Å². The maximum atomic E-state index is 11.5. The van der Waals surface area contributed by atoms with Crippen molar-refractivity contribution in [3.8, 4) is 0 Å². The van der Waals surface area contributed by atoms with Crippen LogP contribution < -0.4 is 0 Å². The first-order valence-corrected chi connectivity index (χ1v) is 6.73. The molecule has 6 heteroatoms. The van der Waals surface area contributed by atoms with E-state index in [0.717, 1.165) is 18.4 Å². The Balaban J connectivity index is 2.35. The molecule has 0 saturated heterocycles. The van der Waals surface area contributed by atoms with Crippen molar-refractivity contribution in [1.29, 1.82) is 0 Å². The fourth-order valence-corrected chi connectivity index (χ4v) is 1.70. The second kappa shape index (κ2) is 9.52. The van der Waals surface area contributed by atoms with E-state index < -0.39 is 5.09 Å². The average molecular weight is 293 g/mol. The number of nitrogens with zero attached hydrogens (tertiary/aromatic N) is 1. The molecule has 0 heterocycles. The van der Waals surface area contributed by atoms with Gasteiger partial charge in [0.25, 0.3) is 5.09 Å². The van der Waals surface area contributed by atoms with Crippen molar-refractivity contribution in [2.75, 3.05) is 0 Å². The third-order valence-electron chi connectivity index (χ3n) is 2.72. The highest BCUT2D eigenvalue weighted by atomic mass is 16.9. The summed E-state index contributed by atoms with van der Waals surface area (Å²) in [7, 11) is 0. The minimum absolute atomic E-state index is 0.113. The highest BCUT2D eigenvalue weighted by Gasteiger charge is 2.04. The molecular weight excluding hydrogens is 274 g/mol. The van der Waals surface area contributed by atoms with Gasteiger partial charge in [0, 0.05) is 6.42 Å². The normalized spacial score (nSPS) is 10.5. The second-order valence-electron chi connectivity index (χ2n) is 4.44. The molecule has 0 fully saturated rings. The van der Waals surface area contributed by atoms with E-state index in [2.05, 4.69) is 4.84 Å². The first-order valence-electron chi connectivity index (χ1n) is 6.73. The maximum Gasteiger partial charge on any atom is 0.306 e. The van der Waals surface area contributed by atoms with Crippen molar-refractivity contribution in [3.05, 3.63) is 57.7 Å². The highest BCUT2D eigenvalue weighted by molar-refractivity contribution is 5.69. The van der Waals surface area contributed by atoms with E-state index in [1.54, 1.807) is 24.3 Å². The zero-order valence-corrected chi connectivity index (χ0v) is 12.0. The molecule has 114 valence electrons. The van der Waals surface area contributed by atoms with Gasteiger partial charge in [-0.3, -0.25) is 4.79 Å². The lowest BCUT2D eigenvalue weighted by Gasteiger charge is -2.06. The predicted octanol–water partition coefficient (Wildman–Crippen LogP) is 3.18. The number of unbranched alkanes of at least 4 members (excludes halogenated alkanes) is 1. The van der Waals surface area contributed by atoms with Crippen LogP contribution in [0.3, 0.4) is 0 Å². The lowest BCUT2D eigenvalue weighted by molar-refractivity contribution is -0.763. The molecule has 0 aliphatic rings. The van der Waals surface area contributed by atoms with Gasteiger partial charge >= 0.3 is 5.97 Å². The summed E-state index contributed by atoms with van der Waals surface area (Å²) in [6.07, 6.45) is 5.96. The van der Waals surface area contributed by atoms with E-state index in [9.17, 15) is 14.9 Å². The Morgan fingerprint density at radius 2 is 2.05 bits per heavy atom. The van der Waals surface area contributed by atoms with Gasteiger partial charge in [-0.25, -0.2) is 0 Å². The molecular formula is C15H19NO5. The van der Waals surface area contributed by atoms with Crippen LogP contribution in [-0.4, -0.2) is 11.1 Å². The molecule has 1 aromatic rings. The molecule has 0 saturated carbocycles. The third-order valence-corrected chi connectivity index (χ3v) is 2.72. The number of esters is 1. The Kier molecular flexibility index (Phi) is 7.56. The lowest BCUT2D eigenvalue weighted by atomic mass is 10.1. The third kappa shape index (κ3) is 7.71. The molecule has 0 aliphatic heterocycles. The van der Waals surface area contributed by atoms with Crippen LogP contribution in [0, 0.1) is 10.1 Å². The second-order valence-corrected chi connectivity index (χ2v) is 4.44. The Morgan fingerprint density at radius 3 is 2.71 bits per heavy atom. The Bertz CT molecular complexity index is 499. The Labute approximate surface area is 123 Å². The summed E-state index contributed by atoms with van der Waals surface area (Å²) >= 11 is 0. The lowest BCUT2D eigenvalue weighted by Crippen LogP contribution is -2.05. The van der Waals surface area contributed by atoms with Gasteiger partial charge in [-0.05, 0) is 30.9 Å². The SMILES string of the molecule is C/C=C\CCCC(=O)OCc1cccc(CO[N+](=O)[O-])c1. The summed E-state index contributed by atoms with van der Waals surface area (Å²) in [6.45, 7) is 1.99. The van der Waals surface area contributed by atoms with Crippen molar-refractivity contribution in [2.45, 2.75) is 39.4 Å². The number of allylic oxidation sites excluding steroid dienone is 2. The largest absolute Gasteiger partial charge is 0.461 e. The highest BCUT2D eigenvalue weighted by Crippen LogP contribution is 2.09. The molecule has 0 N–H and O–H groups in total. The van der Waals surface area contributed by atoms with Gasteiger partial charge < -0.3 is 9.57 Å². The molecule has 0 atom stereocenters. The van der Waals surface area contributed by atoms with Gasteiger partial charge in [0.2, 0.25) is 0 Å². The number of ether oxygens (including phenoxy) is 1. The van der Waals surface area contributed by atoms with Crippen LogP contribution in [-0.2, 0) is 27.6 Å². The summed E-state index contributed by atoms with van der Waals surface area (Å²) in [5.74, 6) is -0.244. The van der Waals surface area contributed by atoms with E-state index >= 15 is 0 Å². The molecule has 0 radical (unpaired) electrons. The van der Waals surface area contributed by atoms with Crippen LogP contribution in [0.5, 0.6) is 0 Å². The van der Waals surface area contributed by atoms with Crippen molar-refractivity contribution in [1.82, 2.24) is 0 Å². The molecule has 0 unspecified atom stereocenters. The number of hydrogen-bond donors (Lipinski definition) is 0. The first kappa shape index (κ1) is 16.7. The van der Waals surface area contributed by atoms with Crippen LogP contribution in [0.25, 0.3) is 0 Å². The number of carbonyl (C=O) groups excluding carboxylic acids is 1. The molecule has 1 aromatic carbocycles. The monoisotopic (exact) mass is 293 g/mol. The van der Waals surface area contributed by atoms with E-state index in [1.165, 1.54) is 0 Å². The Morgan fingerprint density at radius 1 is 1.33 bits per heavy atom. The molecule has 6 nitrogen and oxygen atoms in total. The van der Waals surface area contributed by atoms with Gasteiger partial charge in [0.1, 0.15) is 13.2 Å². The average Bonchev–Trinajstić information content (AvgIpc) is 2.48. The zero-order valence-electron chi connectivity index (χ0n) is 12.0. The van der Waals surface area contributed by atoms with E-state index in [0.29, 0.717) is 12.0 Å². The zero-order chi connectivity index (χ0) is 15.5. The molecule has 21 heavy (non-hydrogen) atoms. The summed E-state index contributed by atoms with van der Waals surface area (Å²) in [4.78, 5) is 25.9. The predicted molar refractivity (Wildman–Crippen MR) is 76.7 cm³/mol. The van der Waals surface area contributed by atoms with E-state index in [-0.39, 0.29) is 19.2 Å². The minimum atomic E-state index is -0.836. The summed E-state index contributed by atoms with van der Waals surface area (Å²) in [6, 6.07) is 6.97. The van der Waals surface area contributed by atoms with Crippen LogP contribution in [0.15, 0.2) is 36.4 Å². The van der Waals surface area contributed by atoms with E-state index in [1.807, 2.05) is 19.1 Å². The van der Waals surface area contributed by atoms with Gasteiger partial charge in [0.05, 0.1) is 0 Å². The van der Waals surface area contributed by atoms with Gasteiger partial charge in [-0.2, -0.15) is 0 Å². The van der Waals surface area contributed by atoms with Crippen LogP contribution in [0.1, 0.15) is 37.3 Å². The molecule has 0 spiro atoms. The number of rotatable bonds is 9. The van der Waals surface area contributed by atoms with Gasteiger partial charge in [-0.1, -0.05) is 36.4 Å². The van der Waals surface area contributed by atoms with Crippen LogP contribution >= 0.6 is 0 Å². The molecule has 1 rings (SSSR count). The molecule has 0 bridgehead atoms. The molecule has 0 aromatic heterocycles. The first-order chi connectivity index (χ1) is 10.1. The summed E-state index contributed by atoms with van der Waals surface area (Å²) in [5.41, 5.74) is 1.44. The summed E-state index contributed by atoms with van der Waals surface area (Å²) < 4.78 is 5.15. The van der Waals surface area contributed by atoms with Crippen molar-refractivity contribution in [2.24, 2.45) is 0 Å². The van der Waals surface area contributed by atoms with E-state index in [4.69, 9.17) is 4.74 Å². The smallest absolute Gasteiger partial charge is 0.306 e. The number of benzene rings is 1. The van der Waals surface area contributed by atoms with Crippen LogP contribution in [0.2, 0.25) is 0 Å². The summed E-state index contributed by atoms with van der Waals surface area (Å²) in [5, 5.41) is 9.29. The van der Waals surface area contributed by atoms with Crippen molar-refractivity contribution in [3.63, 3.8) is 0 Å². The van der Waals surface area contributed by atoms with Crippen molar-refractivity contribution < 1.29 is 19.5 Å². The van der Waals surface area contributed by atoms with Gasteiger partial charge in [-0.15, -0.1) is 10.1 Å². The topological polar surface area (TPSA) is 78.7 Å². The van der Waals surface area contributed by atoms with Crippen molar-refractivity contribution >= 4 is 5.97 Å². The quantitative estimate of drug-likeness (QED) is 0.230. The number of carbonyl (C=O) groups is 1. The number of hydrogen-bond acceptors (Lipinski definition) is 5. The Hall–Kier alpha value is -2.37. The standard InChI is InChI=1S/C15H19NO5/c1-2-3-4-5-9-15(17)20-11-13-7-6-8-14(10-13)12-21-16(18)19/h2-3,6-8,10H,4-5,9,11-12H2,1H3/b3-2-. The fourth-order valence-electron chi connectivity index (χ4n) is 1.70.